The number of hydrogen-bond acceptors (Lipinski definition) is 1. The van der Waals surface area contributed by atoms with Crippen LogP contribution >= 0.6 is 0 Å². The van der Waals surface area contributed by atoms with Crippen LogP contribution in [0, 0.1) is 6.92 Å². The average molecular weight is 403 g/mol. The first kappa shape index (κ1) is 11.5. The molecule has 0 amide bonds. The Kier molecular flexibility index (Phi) is 0.569. The van der Waals surface area contributed by atoms with Gasteiger partial charge in [-0.2, -0.15) is 0 Å². The molecule has 1 aromatic heterocycles. The molecule has 0 radical (unpaired) electrons. The molecule has 4 atom stereocenters. The van der Waals surface area contributed by atoms with Crippen molar-refractivity contribution < 1.29 is 6.51 Å². The number of fused-ring (bicyclic) bond motifs is 11. The van der Waals surface area contributed by atoms with Crippen LogP contribution in [0.3, 0.4) is 0 Å². The average Bonchev–Trinajstić information content (AvgIpc) is 3.67. The van der Waals surface area contributed by atoms with Crippen LogP contribution in [-0.2, 0) is 10.8 Å². The van der Waals surface area contributed by atoms with Gasteiger partial charge in [-0.05, 0) is 0 Å². The Balaban J connectivity index is 1.15. The van der Waals surface area contributed by atoms with Gasteiger partial charge in [0.05, 0.1) is 0 Å². The third-order valence-electron chi connectivity index (χ3n) is 18.2. The minimum absolute atomic E-state index is 0.770. The van der Waals surface area contributed by atoms with Crippen molar-refractivity contribution in [2.45, 2.75) is 54.6 Å². The zero-order valence-electron chi connectivity index (χ0n) is 15.7. The molecule has 10 fully saturated rings. The Bertz CT molecular complexity index is 1750. The first-order chi connectivity index (χ1) is 13.5. The molecule has 10 saturated heterocycles. The van der Waals surface area contributed by atoms with Crippen LogP contribution in [-0.4, -0.2) is 4.98 Å². The molecular formula is C26H21FeN. The standard InChI is InChI=1S/C21H16N.C5H5.Fe/c1-15-7-2-5-10-17(15)18-11-6-12-21-19(18)13-14-20(22-21)16-8-3-4-9-16;1-2-4-5-3-1;/h2-14H,1H3;1-5H;. The first-order valence-electron chi connectivity index (χ1n) is 11.2. The SMILES string of the molecule is Cc1ccccc1-c1cccc2nc([C]34[CH]5[CH]6[CH]7[CH]3[Fe]6754389%10[CH]4[CH]3[CH]8[CH]9[CH]4%10)ccc12. The Labute approximate surface area is 153 Å². The molecule has 13 rings (SSSR count). The molecule has 1 spiro atoms. The predicted molar refractivity (Wildman–Crippen MR) is 107 cm³/mol. The summed E-state index contributed by atoms with van der Waals surface area (Å²) in [6.45, 7) is -0.884. The Morgan fingerprint density at radius 2 is 1.39 bits per heavy atom. The molecule has 2 heteroatoms. The van der Waals surface area contributed by atoms with E-state index in [1.807, 2.05) is 0 Å². The summed E-state index contributed by atoms with van der Waals surface area (Å²) in [7, 11) is 0. The van der Waals surface area contributed by atoms with Crippen LogP contribution in [0.15, 0.2) is 54.6 Å². The number of rotatable bonds is 2. The number of benzene rings is 2. The van der Waals surface area contributed by atoms with Gasteiger partial charge in [-0.15, -0.1) is 0 Å². The van der Waals surface area contributed by atoms with Gasteiger partial charge in [-0.1, -0.05) is 0 Å². The predicted octanol–water partition coefficient (Wildman–Crippen LogP) is 7.01. The molecule has 3 aromatic rings. The zero-order chi connectivity index (χ0) is 17.5. The molecule has 0 saturated carbocycles. The van der Waals surface area contributed by atoms with Crippen LogP contribution < -0.4 is 0 Å². The third kappa shape index (κ3) is 0.204. The van der Waals surface area contributed by atoms with Crippen LogP contribution in [0.25, 0.3) is 22.0 Å². The van der Waals surface area contributed by atoms with E-state index in [1.165, 1.54) is 70.9 Å². The summed E-state index contributed by atoms with van der Waals surface area (Å²) >= 11 is 0. The van der Waals surface area contributed by atoms with Gasteiger partial charge in [0.2, 0.25) is 0 Å². The van der Waals surface area contributed by atoms with Gasteiger partial charge in [0.25, 0.3) is 0 Å². The fourth-order valence-corrected chi connectivity index (χ4v) is 93.4. The quantitative estimate of drug-likeness (QED) is 0.420. The molecule has 10 aliphatic rings. The molecule has 11 heterocycles. The maximum atomic E-state index is 5.52. The van der Waals surface area contributed by atoms with Crippen LogP contribution in [0.4, 0.5) is 0 Å². The second kappa shape index (κ2) is 1.38. The summed E-state index contributed by atoms with van der Waals surface area (Å²) in [4.78, 5) is 17.8. The molecule has 0 N–H and O–H groups in total. The summed E-state index contributed by atoms with van der Waals surface area (Å²) in [5.41, 5.74) is 6.96. The van der Waals surface area contributed by atoms with E-state index < -0.39 is 6.51 Å². The number of hydrogen-bond donors (Lipinski definition) is 0. The van der Waals surface area contributed by atoms with Crippen molar-refractivity contribution in [1.29, 1.82) is 0 Å². The fourth-order valence-electron chi connectivity index (χ4n) is 19.4. The number of aryl methyl sites for hydroxylation is 1. The molecule has 1 nitrogen and oxygen atoms in total. The molecule has 138 valence electrons. The van der Waals surface area contributed by atoms with Gasteiger partial charge in [-0.25, -0.2) is 0 Å². The number of pyridine rings is 1. The van der Waals surface area contributed by atoms with Crippen molar-refractivity contribution in [2.75, 3.05) is 0 Å². The molecule has 2 aromatic carbocycles. The van der Waals surface area contributed by atoms with Crippen molar-refractivity contribution in [3.8, 4) is 11.1 Å². The zero-order valence-corrected chi connectivity index (χ0v) is 16.8. The van der Waals surface area contributed by atoms with Crippen molar-refractivity contribution >= 4 is 10.9 Å². The van der Waals surface area contributed by atoms with Gasteiger partial charge in [-0.3, -0.25) is 0 Å². The summed E-state index contributed by atoms with van der Waals surface area (Å²) in [5.74, 6) is 0. The van der Waals surface area contributed by atoms with Gasteiger partial charge in [0.1, 0.15) is 0 Å². The Morgan fingerprint density at radius 3 is 2.00 bits per heavy atom. The molecule has 0 bridgehead atoms. The van der Waals surface area contributed by atoms with E-state index in [-0.39, 0.29) is 0 Å². The van der Waals surface area contributed by atoms with E-state index in [9.17, 15) is 0 Å². The van der Waals surface area contributed by atoms with Crippen molar-refractivity contribution in [3.05, 3.63) is 65.9 Å². The maximum absolute atomic E-state index is 5.52. The minimum atomic E-state index is -3.11. The van der Waals surface area contributed by atoms with Gasteiger partial charge < -0.3 is 0 Å². The molecule has 0 aliphatic carbocycles. The van der Waals surface area contributed by atoms with E-state index in [0.717, 1.165) is 4.31 Å². The normalized spacial score (nSPS) is 77.0. The van der Waals surface area contributed by atoms with Crippen molar-refractivity contribution in [2.24, 2.45) is 0 Å². The van der Waals surface area contributed by atoms with Gasteiger partial charge in [0.15, 0.2) is 0 Å². The van der Waals surface area contributed by atoms with Gasteiger partial charge >= 0.3 is 154 Å². The van der Waals surface area contributed by atoms with E-state index in [0.29, 0.717) is 0 Å². The second-order valence-electron chi connectivity index (χ2n) is 14.1. The summed E-state index contributed by atoms with van der Waals surface area (Å²) in [5, 5.41) is 1.35. The van der Waals surface area contributed by atoms with Gasteiger partial charge in [0, 0.05) is 0 Å². The summed E-state index contributed by atoms with van der Waals surface area (Å²) in [6, 6.07) is 20.6. The number of nitrogens with zero attached hydrogens (tertiary/aromatic N) is 1. The fraction of sp³-hybridized carbons (Fsp3) is 0.423. The topological polar surface area (TPSA) is 12.9 Å². The van der Waals surface area contributed by atoms with Crippen LogP contribution in [0.1, 0.15) is 11.3 Å². The Hall–Kier alpha value is -1.63. The van der Waals surface area contributed by atoms with Crippen molar-refractivity contribution in [3.63, 3.8) is 0 Å². The third-order valence-corrected chi connectivity index (χ3v) is 60.6. The number of aromatic nitrogens is 1. The van der Waals surface area contributed by atoms with Crippen molar-refractivity contribution in [1.82, 2.24) is 4.98 Å². The molecule has 4 unspecified atom stereocenters. The molecular weight excluding hydrogens is 382 g/mol. The van der Waals surface area contributed by atoms with Crippen LogP contribution in [0.5, 0.6) is 0 Å². The summed E-state index contributed by atoms with van der Waals surface area (Å²) < 4.78 is 0.770. The van der Waals surface area contributed by atoms with Crippen LogP contribution in [0.2, 0.25) is 43.3 Å². The Morgan fingerprint density at radius 1 is 0.714 bits per heavy atom. The monoisotopic (exact) mass is 403 g/mol. The van der Waals surface area contributed by atoms with E-state index in [1.54, 1.807) is 5.69 Å². The molecule has 10 aliphatic heterocycles. The van der Waals surface area contributed by atoms with E-state index in [2.05, 4.69) is 61.5 Å². The first-order valence-corrected chi connectivity index (χ1v) is 17.5. The second-order valence-corrected chi connectivity index (χ2v) is 37.6. The van der Waals surface area contributed by atoms with E-state index >= 15 is 0 Å². The van der Waals surface area contributed by atoms with E-state index in [4.69, 9.17) is 4.98 Å². The molecule has 28 heavy (non-hydrogen) atoms. The summed E-state index contributed by atoms with van der Waals surface area (Å²) in [6.07, 6.45) is 0.